The van der Waals surface area contributed by atoms with Crippen molar-refractivity contribution in [1.29, 1.82) is 0 Å². The number of amides is 1. The predicted molar refractivity (Wildman–Crippen MR) is 88.9 cm³/mol. The van der Waals surface area contributed by atoms with Gasteiger partial charge in [0.1, 0.15) is 17.1 Å². The van der Waals surface area contributed by atoms with E-state index in [0.717, 1.165) is 0 Å². The Hall–Kier alpha value is -3.49. The van der Waals surface area contributed by atoms with Crippen LogP contribution < -0.4 is 5.32 Å². The number of nitro groups is 1. The van der Waals surface area contributed by atoms with Gasteiger partial charge in [0, 0.05) is 18.2 Å². The highest BCUT2D eigenvalue weighted by atomic mass is 16.6. The van der Waals surface area contributed by atoms with Crippen LogP contribution in [0.2, 0.25) is 0 Å². The zero-order chi connectivity index (χ0) is 18.1. The highest BCUT2D eigenvalue weighted by molar-refractivity contribution is 6.05. The van der Waals surface area contributed by atoms with Gasteiger partial charge < -0.3 is 9.84 Å². The van der Waals surface area contributed by atoms with Crippen molar-refractivity contribution in [3.63, 3.8) is 0 Å². The van der Waals surface area contributed by atoms with Crippen LogP contribution in [0.1, 0.15) is 27.5 Å². The number of rotatable bonds is 4. The quantitative estimate of drug-likeness (QED) is 0.576. The fourth-order valence-corrected chi connectivity index (χ4v) is 2.49. The van der Waals surface area contributed by atoms with Crippen molar-refractivity contribution >= 4 is 17.4 Å². The van der Waals surface area contributed by atoms with Gasteiger partial charge in [-0.15, -0.1) is 0 Å². The SMILES string of the molecule is Cc1cc(NC(=O)c2c(C)noc2C)n(-c2ccc([N+](=O)[O-])cc2)n1. The first-order valence-corrected chi connectivity index (χ1v) is 7.42. The van der Waals surface area contributed by atoms with E-state index in [9.17, 15) is 14.9 Å². The maximum Gasteiger partial charge on any atom is 0.269 e. The Bertz CT molecular complexity index is 936. The van der Waals surface area contributed by atoms with Gasteiger partial charge in [0.2, 0.25) is 0 Å². The van der Waals surface area contributed by atoms with Crippen LogP contribution in [-0.4, -0.2) is 25.8 Å². The number of aromatic nitrogens is 3. The van der Waals surface area contributed by atoms with Gasteiger partial charge in [0.15, 0.2) is 0 Å². The number of hydrogen-bond acceptors (Lipinski definition) is 6. The predicted octanol–water partition coefficient (Wildman–Crippen LogP) is 2.95. The van der Waals surface area contributed by atoms with Crippen LogP contribution in [0.25, 0.3) is 5.69 Å². The molecule has 3 aromatic rings. The summed E-state index contributed by atoms with van der Waals surface area (Å²) >= 11 is 0. The Morgan fingerprint density at radius 3 is 2.48 bits per heavy atom. The van der Waals surface area contributed by atoms with Crippen LogP contribution in [0.15, 0.2) is 34.9 Å². The van der Waals surface area contributed by atoms with Crippen LogP contribution >= 0.6 is 0 Å². The van der Waals surface area contributed by atoms with E-state index in [1.54, 1.807) is 39.0 Å². The molecule has 0 saturated carbocycles. The van der Waals surface area contributed by atoms with Crippen LogP contribution in [0.5, 0.6) is 0 Å². The van der Waals surface area contributed by atoms with Crippen molar-refractivity contribution in [2.45, 2.75) is 20.8 Å². The van der Waals surface area contributed by atoms with E-state index in [0.29, 0.717) is 34.2 Å². The molecule has 128 valence electrons. The normalized spacial score (nSPS) is 10.7. The number of benzene rings is 1. The molecule has 2 aromatic heterocycles. The summed E-state index contributed by atoms with van der Waals surface area (Å²) in [6.45, 7) is 5.13. The van der Waals surface area contributed by atoms with E-state index in [2.05, 4.69) is 15.6 Å². The summed E-state index contributed by atoms with van der Waals surface area (Å²) < 4.78 is 6.52. The van der Waals surface area contributed by atoms with E-state index in [1.165, 1.54) is 16.8 Å². The van der Waals surface area contributed by atoms with Crippen molar-refractivity contribution in [3.05, 3.63) is 63.2 Å². The summed E-state index contributed by atoms with van der Waals surface area (Å²) in [6, 6.07) is 7.60. The molecule has 9 heteroatoms. The molecule has 0 radical (unpaired) electrons. The number of nitro benzene ring substituents is 1. The van der Waals surface area contributed by atoms with Gasteiger partial charge in [-0.1, -0.05) is 5.16 Å². The molecular formula is C16H15N5O4. The molecule has 2 heterocycles. The first kappa shape index (κ1) is 16.4. The van der Waals surface area contributed by atoms with Crippen molar-refractivity contribution in [1.82, 2.24) is 14.9 Å². The average Bonchev–Trinajstić information content (AvgIpc) is 3.09. The standard InChI is InChI=1S/C16H15N5O4/c1-9-8-14(17-16(22)15-10(2)19-25-11(15)3)20(18-9)12-4-6-13(7-5-12)21(23)24/h4-8H,1-3H3,(H,17,22). The molecule has 0 aliphatic carbocycles. The van der Waals surface area contributed by atoms with E-state index < -0.39 is 4.92 Å². The number of carbonyl (C=O) groups is 1. The van der Waals surface area contributed by atoms with E-state index >= 15 is 0 Å². The third-order valence-corrected chi connectivity index (χ3v) is 3.64. The summed E-state index contributed by atoms with van der Waals surface area (Å²) in [6.07, 6.45) is 0. The van der Waals surface area contributed by atoms with E-state index in [-0.39, 0.29) is 11.6 Å². The van der Waals surface area contributed by atoms with E-state index in [1.807, 2.05) is 0 Å². The zero-order valence-corrected chi connectivity index (χ0v) is 13.8. The summed E-state index contributed by atoms with van der Waals surface area (Å²) in [4.78, 5) is 22.8. The van der Waals surface area contributed by atoms with Crippen molar-refractivity contribution in [3.8, 4) is 5.69 Å². The number of aryl methyl sites for hydroxylation is 3. The minimum Gasteiger partial charge on any atom is -0.361 e. The average molecular weight is 341 g/mol. The van der Waals surface area contributed by atoms with Gasteiger partial charge in [-0.05, 0) is 32.9 Å². The summed E-state index contributed by atoms with van der Waals surface area (Å²) in [7, 11) is 0. The molecular weight excluding hydrogens is 326 g/mol. The Morgan fingerprint density at radius 2 is 1.92 bits per heavy atom. The molecule has 0 fully saturated rings. The molecule has 0 spiro atoms. The van der Waals surface area contributed by atoms with Crippen LogP contribution in [0, 0.1) is 30.9 Å². The molecule has 0 bridgehead atoms. The van der Waals surface area contributed by atoms with Gasteiger partial charge in [0.05, 0.1) is 22.0 Å². The van der Waals surface area contributed by atoms with Gasteiger partial charge in [0.25, 0.3) is 11.6 Å². The Labute approximate surface area is 142 Å². The highest BCUT2D eigenvalue weighted by Crippen LogP contribution is 2.21. The second kappa shape index (κ2) is 6.19. The molecule has 9 nitrogen and oxygen atoms in total. The fraction of sp³-hybridized carbons (Fsp3) is 0.188. The molecule has 0 aliphatic rings. The van der Waals surface area contributed by atoms with Crippen molar-refractivity contribution < 1.29 is 14.2 Å². The smallest absolute Gasteiger partial charge is 0.269 e. The third-order valence-electron chi connectivity index (χ3n) is 3.64. The number of nitrogens with zero attached hydrogens (tertiary/aromatic N) is 4. The molecule has 1 N–H and O–H groups in total. The molecule has 0 atom stereocenters. The molecule has 3 rings (SSSR count). The molecule has 0 aliphatic heterocycles. The number of nitrogens with one attached hydrogen (secondary N) is 1. The second-order valence-corrected chi connectivity index (χ2v) is 5.51. The molecule has 25 heavy (non-hydrogen) atoms. The monoisotopic (exact) mass is 341 g/mol. The molecule has 0 saturated heterocycles. The van der Waals surface area contributed by atoms with Gasteiger partial charge in [-0.3, -0.25) is 14.9 Å². The van der Waals surface area contributed by atoms with Crippen molar-refractivity contribution in [2.75, 3.05) is 5.32 Å². The third kappa shape index (κ3) is 3.11. The minimum absolute atomic E-state index is 0.0195. The lowest BCUT2D eigenvalue weighted by Crippen LogP contribution is -2.16. The largest absolute Gasteiger partial charge is 0.361 e. The van der Waals surface area contributed by atoms with Crippen LogP contribution in [0.4, 0.5) is 11.5 Å². The summed E-state index contributed by atoms with van der Waals surface area (Å²) in [5, 5.41) is 21.6. The Morgan fingerprint density at radius 1 is 1.24 bits per heavy atom. The minimum atomic E-state index is -0.474. The maximum atomic E-state index is 12.5. The van der Waals surface area contributed by atoms with E-state index in [4.69, 9.17) is 4.52 Å². The van der Waals surface area contributed by atoms with Gasteiger partial charge in [-0.2, -0.15) is 5.10 Å². The fourth-order valence-electron chi connectivity index (χ4n) is 2.49. The maximum absolute atomic E-state index is 12.5. The highest BCUT2D eigenvalue weighted by Gasteiger charge is 2.20. The van der Waals surface area contributed by atoms with Gasteiger partial charge in [-0.25, -0.2) is 4.68 Å². The molecule has 1 amide bonds. The lowest BCUT2D eigenvalue weighted by atomic mass is 10.2. The Kier molecular flexibility index (Phi) is 4.05. The molecule has 1 aromatic carbocycles. The van der Waals surface area contributed by atoms with Crippen molar-refractivity contribution in [2.24, 2.45) is 0 Å². The zero-order valence-electron chi connectivity index (χ0n) is 13.8. The van der Waals surface area contributed by atoms with Crippen LogP contribution in [0.3, 0.4) is 0 Å². The first-order valence-electron chi connectivity index (χ1n) is 7.42. The van der Waals surface area contributed by atoms with Gasteiger partial charge >= 0.3 is 0 Å². The number of anilines is 1. The summed E-state index contributed by atoms with van der Waals surface area (Å²) in [5.41, 5.74) is 2.12. The second-order valence-electron chi connectivity index (χ2n) is 5.51. The number of carbonyl (C=O) groups excluding carboxylic acids is 1. The number of non-ortho nitro benzene ring substituents is 1. The first-order chi connectivity index (χ1) is 11.9. The molecule has 0 unspecified atom stereocenters. The lowest BCUT2D eigenvalue weighted by Gasteiger charge is -2.08. The van der Waals surface area contributed by atoms with Crippen LogP contribution in [-0.2, 0) is 0 Å². The number of hydrogen-bond donors (Lipinski definition) is 1. The topological polar surface area (TPSA) is 116 Å². The summed E-state index contributed by atoms with van der Waals surface area (Å²) in [5.74, 6) is 0.504. The lowest BCUT2D eigenvalue weighted by molar-refractivity contribution is -0.384. The Balaban J connectivity index is 1.93.